The van der Waals surface area contributed by atoms with Crippen LogP contribution in [-0.2, 0) is 0 Å². The van der Waals surface area contributed by atoms with Crippen LogP contribution in [0.2, 0.25) is 0 Å². The maximum Gasteiger partial charge on any atom is 0.323 e. The number of hydrogen-bond donors (Lipinski definition) is 2. The number of carbonyl (C=O) groups is 1. The SMILES string of the molecule is Cc1cc(NC(=O)N2CCC[C@@H]2[C@H]2CCCC[C@H]2O)nnc1C. The Morgan fingerprint density at radius 2 is 2.00 bits per heavy atom. The van der Waals surface area contributed by atoms with Gasteiger partial charge in [-0.25, -0.2) is 4.79 Å². The summed E-state index contributed by atoms with van der Waals surface area (Å²) in [7, 11) is 0. The second-order valence-electron chi connectivity index (χ2n) is 6.85. The molecule has 1 aromatic rings. The molecule has 126 valence electrons. The predicted octanol–water partition coefficient (Wildman–Crippen LogP) is 2.64. The lowest BCUT2D eigenvalue weighted by Gasteiger charge is -2.37. The quantitative estimate of drug-likeness (QED) is 0.878. The minimum Gasteiger partial charge on any atom is -0.393 e. The van der Waals surface area contributed by atoms with Crippen molar-refractivity contribution in [1.82, 2.24) is 15.1 Å². The van der Waals surface area contributed by atoms with Crippen molar-refractivity contribution in [1.29, 1.82) is 0 Å². The third-order valence-corrected chi connectivity index (χ3v) is 5.30. The Hall–Kier alpha value is -1.69. The largest absolute Gasteiger partial charge is 0.393 e. The van der Waals surface area contributed by atoms with E-state index < -0.39 is 0 Å². The summed E-state index contributed by atoms with van der Waals surface area (Å²) in [5, 5.41) is 21.3. The van der Waals surface area contributed by atoms with Crippen molar-refractivity contribution >= 4 is 11.8 Å². The van der Waals surface area contributed by atoms with Gasteiger partial charge in [0.25, 0.3) is 0 Å². The first-order chi connectivity index (χ1) is 11.1. The van der Waals surface area contributed by atoms with Crippen LogP contribution in [0.3, 0.4) is 0 Å². The van der Waals surface area contributed by atoms with E-state index in [0.717, 1.165) is 56.3 Å². The van der Waals surface area contributed by atoms with Gasteiger partial charge in [-0.2, -0.15) is 5.10 Å². The van der Waals surface area contributed by atoms with Gasteiger partial charge in [0, 0.05) is 18.5 Å². The molecule has 0 radical (unpaired) electrons. The fraction of sp³-hybridized carbons (Fsp3) is 0.706. The summed E-state index contributed by atoms with van der Waals surface area (Å²) >= 11 is 0. The molecular weight excluding hydrogens is 292 g/mol. The van der Waals surface area contributed by atoms with Crippen molar-refractivity contribution < 1.29 is 9.90 Å². The van der Waals surface area contributed by atoms with Gasteiger partial charge in [0.05, 0.1) is 11.8 Å². The molecule has 1 aliphatic heterocycles. The van der Waals surface area contributed by atoms with E-state index in [1.54, 1.807) is 0 Å². The molecule has 0 unspecified atom stereocenters. The summed E-state index contributed by atoms with van der Waals surface area (Å²) in [6, 6.07) is 1.87. The second kappa shape index (κ2) is 6.83. The van der Waals surface area contributed by atoms with E-state index in [9.17, 15) is 9.90 Å². The van der Waals surface area contributed by atoms with E-state index in [-0.39, 0.29) is 24.1 Å². The molecule has 1 saturated carbocycles. The molecule has 6 nitrogen and oxygen atoms in total. The number of nitrogens with one attached hydrogen (secondary N) is 1. The Morgan fingerprint density at radius 1 is 1.22 bits per heavy atom. The third-order valence-electron chi connectivity index (χ3n) is 5.30. The average Bonchev–Trinajstić information content (AvgIpc) is 3.01. The molecule has 0 spiro atoms. The highest BCUT2D eigenvalue weighted by molar-refractivity contribution is 5.88. The minimum atomic E-state index is -0.274. The van der Waals surface area contributed by atoms with Gasteiger partial charge in [0.15, 0.2) is 5.82 Å². The van der Waals surface area contributed by atoms with E-state index in [4.69, 9.17) is 0 Å². The van der Waals surface area contributed by atoms with E-state index in [2.05, 4.69) is 15.5 Å². The molecule has 1 aromatic heterocycles. The number of rotatable bonds is 2. The average molecular weight is 318 g/mol. The topological polar surface area (TPSA) is 78.4 Å². The Morgan fingerprint density at radius 3 is 2.74 bits per heavy atom. The van der Waals surface area contributed by atoms with Gasteiger partial charge >= 0.3 is 6.03 Å². The number of nitrogens with zero attached hydrogens (tertiary/aromatic N) is 3. The van der Waals surface area contributed by atoms with E-state index in [1.165, 1.54) is 0 Å². The molecular formula is C17H26N4O2. The van der Waals surface area contributed by atoms with Gasteiger partial charge in [0.2, 0.25) is 0 Å². The van der Waals surface area contributed by atoms with Crippen LogP contribution in [-0.4, -0.2) is 44.9 Å². The summed E-state index contributed by atoms with van der Waals surface area (Å²) in [6.45, 7) is 4.60. The monoisotopic (exact) mass is 318 g/mol. The second-order valence-corrected chi connectivity index (χ2v) is 6.85. The van der Waals surface area contributed by atoms with Gasteiger partial charge < -0.3 is 10.0 Å². The Balaban J connectivity index is 1.69. The first-order valence-electron chi connectivity index (χ1n) is 8.63. The van der Waals surface area contributed by atoms with Crippen LogP contribution in [0.25, 0.3) is 0 Å². The molecule has 23 heavy (non-hydrogen) atoms. The number of amides is 2. The number of urea groups is 1. The zero-order valence-corrected chi connectivity index (χ0v) is 14.0. The van der Waals surface area contributed by atoms with Crippen LogP contribution in [0.1, 0.15) is 49.8 Å². The maximum atomic E-state index is 12.6. The van der Waals surface area contributed by atoms with E-state index in [1.807, 2.05) is 24.8 Å². The van der Waals surface area contributed by atoms with E-state index >= 15 is 0 Å². The fourth-order valence-electron chi connectivity index (χ4n) is 3.87. The maximum absolute atomic E-state index is 12.6. The number of aliphatic hydroxyl groups excluding tert-OH is 1. The Labute approximate surface area is 137 Å². The molecule has 3 atom stereocenters. The highest BCUT2D eigenvalue weighted by atomic mass is 16.3. The third kappa shape index (κ3) is 3.47. The number of anilines is 1. The van der Waals surface area contributed by atoms with Crippen LogP contribution in [0.15, 0.2) is 6.07 Å². The van der Waals surface area contributed by atoms with Crippen molar-refractivity contribution in [3.63, 3.8) is 0 Å². The molecule has 1 aliphatic carbocycles. The Kier molecular flexibility index (Phi) is 4.80. The molecule has 3 rings (SSSR count). The summed E-state index contributed by atoms with van der Waals surface area (Å²) in [5.41, 5.74) is 1.88. The molecule has 2 N–H and O–H groups in total. The van der Waals surface area contributed by atoms with E-state index in [0.29, 0.717) is 5.82 Å². The number of likely N-dealkylation sites (tertiary alicyclic amines) is 1. The van der Waals surface area contributed by atoms with Gasteiger partial charge in [-0.1, -0.05) is 12.8 Å². The molecule has 0 aromatic carbocycles. The Bertz CT molecular complexity index is 578. The highest BCUT2D eigenvalue weighted by Gasteiger charge is 2.39. The number of hydrogen-bond acceptors (Lipinski definition) is 4. The van der Waals surface area contributed by atoms with Crippen LogP contribution in [0, 0.1) is 19.8 Å². The lowest BCUT2D eigenvalue weighted by molar-refractivity contribution is 0.0320. The van der Waals surface area contributed by atoms with Crippen molar-refractivity contribution in [3.05, 3.63) is 17.3 Å². The van der Waals surface area contributed by atoms with Gasteiger partial charge in [-0.15, -0.1) is 5.10 Å². The molecule has 2 amide bonds. The first kappa shape index (κ1) is 16.2. The minimum absolute atomic E-state index is 0.122. The van der Waals surface area contributed by atoms with Gasteiger partial charge in [-0.05, 0) is 51.2 Å². The van der Waals surface area contributed by atoms with Gasteiger partial charge in [-0.3, -0.25) is 5.32 Å². The van der Waals surface area contributed by atoms with Crippen LogP contribution in [0.4, 0.5) is 10.6 Å². The predicted molar refractivity (Wildman–Crippen MR) is 88.2 cm³/mol. The summed E-state index contributed by atoms with van der Waals surface area (Å²) in [5.74, 6) is 0.704. The molecule has 0 bridgehead atoms. The van der Waals surface area contributed by atoms with Gasteiger partial charge in [0.1, 0.15) is 0 Å². The lowest BCUT2D eigenvalue weighted by Crippen LogP contribution is -2.46. The summed E-state index contributed by atoms with van der Waals surface area (Å²) < 4.78 is 0. The summed E-state index contributed by atoms with van der Waals surface area (Å²) in [4.78, 5) is 14.5. The standard InChI is InChI=1S/C17H26N4O2/c1-11-10-16(20-19-12(11)2)18-17(23)21-9-5-7-14(21)13-6-3-4-8-15(13)22/h10,13-15,22H,3-9H2,1-2H3,(H,18,20,23)/t13-,14-,15-/m1/s1. The van der Waals surface area contributed by atoms with Crippen molar-refractivity contribution in [2.75, 3.05) is 11.9 Å². The molecule has 2 fully saturated rings. The van der Waals surface area contributed by atoms with Crippen LogP contribution in [0.5, 0.6) is 0 Å². The smallest absolute Gasteiger partial charge is 0.323 e. The zero-order chi connectivity index (χ0) is 16.4. The fourth-order valence-corrected chi connectivity index (χ4v) is 3.87. The van der Waals surface area contributed by atoms with Crippen LogP contribution >= 0.6 is 0 Å². The van der Waals surface area contributed by atoms with Crippen molar-refractivity contribution in [3.8, 4) is 0 Å². The van der Waals surface area contributed by atoms with Crippen molar-refractivity contribution in [2.45, 2.75) is 64.5 Å². The number of aliphatic hydroxyl groups is 1. The molecule has 6 heteroatoms. The molecule has 1 saturated heterocycles. The molecule has 2 heterocycles. The highest BCUT2D eigenvalue weighted by Crippen LogP contribution is 2.34. The van der Waals surface area contributed by atoms with Crippen molar-refractivity contribution in [2.24, 2.45) is 5.92 Å². The van der Waals surface area contributed by atoms with Crippen LogP contribution < -0.4 is 5.32 Å². The lowest BCUT2D eigenvalue weighted by atomic mass is 9.80. The normalized spacial score (nSPS) is 28.0. The molecule has 2 aliphatic rings. The zero-order valence-electron chi connectivity index (χ0n) is 14.0. The first-order valence-corrected chi connectivity index (χ1v) is 8.63. The number of aromatic nitrogens is 2. The number of carbonyl (C=O) groups excluding carboxylic acids is 1. The summed E-state index contributed by atoms with van der Waals surface area (Å²) in [6.07, 6.45) is 5.82. The number of aryl methyl sites for hydroxylation is 2.